The van der Waals surface area contributed by atoms with E-state index in [9.17, 15) is 13.2 Å². The molecule has 0 amide bonds. The van der Waals surface area contributed by atoms with Gasteiger partial charge in [-0.25, -0.2) is 0 Å². The van der Waals surface area contributed by atoms with Crippen LogP contribution in [0.25, 0.3) is 0 Å². The highest BCUT2D eigenvalue weighted by molar-refractivity contribution is 5.20. The second-order valence-corrected chi connectivity index (χ2v) is 2.05. The second-order valence-electron chi connectivity index (χ2n) is 2.05. The van der Waals surface area contributed by atoms with Crippen LogP contribution in [0.2, 0.25) is 0 Å². The predicted octanol–water partition coefficient (Wildman–Crippen LogP) is 2.28. The topological polar surface area (TPSA) is 12.9 Å². The molecule has 1 radical (unpaired) electrons. The quantitative estimate of drug-likeness (QED) is 0.567. The van der Waals surface area contributed by atoms with Crippen LogP contribution < -0.4 is 0 Å². The summed E-state index contributed by atoms with van der Waals surface area (Å²) in [4.78, 5) is 3.15. The summed E-state index contributed by atoms with van der Waals surface area (Å²) in [5.41, 5.74) is -0.586. The van der Waals surface area contributed by atoms with Crippen molar-refractivity contribution in [3.8, 4) is 0 Å². The lowest BCUT2D eigenvalue weighted by Gasteiger charge is -2.04. The zero-order valence-corrected chi connectivity index (χ0v) is 5.52. The van der Waals surface area contributed by atoms with Crippen LogP contribution in [0, 0.1) is 6.92 Å². The Hall–Kier alpha value is -1.06. The van der Waals surface area contributed by atoms with Crippen LogP contribution in [0.4, 0.5) is 13.2 Å². The van der Waals surface area contributed by atoms with Gasteiger partial charge < -0.3 is 0 Å². The Morgan fingerprint density at radius 3 is 2.36 bits per heavy atom. The van der Waals surface area contributed by atoms with Crippen molar-refractivity contribution >= 4 is 0 Å². The summed E-state index contributed by atoms with van der Waals surface area (Å²) >= 11 is 0. The van der Waals surface area contributed by atoms with E-state index in [-0.39, 0.29) is 0 Å². The first-order valence-electron chi connectivity index (χ1n) is 2.85. The molecule has 0 aliphatic heterocycles. The van der Waals surface area contributed by atoms with Gasteiger partial charge in [0.15, 0.2) is 0 Å². The van der Waals surface area contributed by atoms with E-state index in [2.05, 4.69) is 11.9 Å². The number of hydrogen-bond donors (Lipinski definition) is 0. The molecule has 4 heteroatoms. The fourth-order valence-electron chi connectivity index (χ4n) is 0.629. The molecule has 0 atom stereocenters. The number of hydrogen-bond acceptors (Lipinski definition) is 1. The van der Waals surface area contributed by atoms with Gasteiger partial charge in [-0.2, -0.15) is 13.2 Å². The van der Waals surface area contributed by atoms with Crippen molar-refractivity contribution in [2.75, 3.05) is 0 Å². The highest BCUT2D eigenvalue weighted by Crippen LogP contribution is 2.27. The highest BCUT2D eigenvalue weighted by atomic mass is 19.4. The Labute approximate surface area is 61.9 Å². The first kappa shape index (κ1) is 8.04. The Morgan fingerprint density at radius 2 is 2.00 bits per heavy atom. The van der Waals surface area contributed by atoms with Crippen LogP contribution in [-0.4, -0.2) is 4.98 Å². The van der Waals surface area contributed by atoms with Gasteiger partial charge in [-0.3, -0.25) is 4.98 Å². The lowest BCUT2D eigenvalue weighted by Crippen LogP contribution is -2.07. The Balaban J connectivity index is 3.06. The van der Waals surface area contributed by atoms with Crippen LogP contribution in [0.1, 0.15) is 11.3 Å². The molecule has 0 unspecified atom stereocenters. The van der Waals surface area contributed by atoms with Crippen LogP contribution in [0.5, 0.6) is 0 Å². The molecular weight excluding hydrogens is 155 g/mol. The monoisotopic (exact) mass is 160 g/mol. The van der Waals surface area contributed by atoms with Crippen LogP contribution in [0.15, 0.2) is 18.3 Å². The Kier molecular flexibility index (Phi) is 1.85. The van der Waals surface area contributed by atoms with Gasteiger partial charge in [0.05, 0.1) is 0 Å². The average Bonchev–Trinajstić information content (AvgIpc) is 1.86. The van der Waals surface area contributed by atoms with Gasteiger partial charge in [-0.15, -0.1) is 0 Å². The lowest BCUT2D eigenvalue weighted by molar-refractivity contribution is -0.141. The maximum Gasteiger partial charge on any atom is 0.433 e. The van der Waals surface area contributed by atoms with Crippen molar-refractivity contribution in [2.24, 2.45) is 0 Å². The van der Waals surface area contributed by atoms with E-state index in [4.69, 9.17) is 0 Å². The summed E-state index contributed by atoms with van der Waals surface area (Å²) in [5.74, 6) is 0. The first-order chi connectivity index (χ1) is 5.00. The Morgan fingerprint density at radius 1 is 1.36 bits per heavy atom. The number of nitrogens with zero attached hydrogens (tertiary/aromatic N) is 1. The molecule has 1 rings (SSSR count). The summed E-state index contributed by atoms with van der Waals surface area (Å²) in [6, 6.07) is 2.31. The fourth-order valence-corrected chi connectivity index (χ4v) is 0.629. The summed E-state index contributed by atoms with van der Waals surface area (Å²) in [5, 5.41) is 0. The molecule has 0 aliphatic rings. The zero-order valence-electron chi connectivity index (χ0n) is 5.52. The van der Waals surface area contributed by atoms with Crippen molar-refractivity contribution in [2.45, 2.75) is 6.18 Å². The van der Waals surface area contributed by atoms with Crippen molar-refractivity contribution in [1.82, 2.24) is 4.98 Å². The summed E-state index contributed by atoms with van der Waals surface area (Å²) in [6.45, 7) is 3.35. The molecule has 1 aromatic rings. The minimum atomic E-state index is -4.37. The van der Waals surface area contributed by atoms with E-state index >= 15 is 0 Å². The molecule has 0 saturated carbocycles. The molecule has 1 nitrogen and oxygen atoms in total. The molecule has 11 heavy (non-hydrogen) atoms. The van der Waals surface area contributed by atoms with E-state index in [1.807, 2.05) is 0 Å². The third-order valence-corrected chi connectivity index (χ3v) is 1.11. The van der Waals surface area contributed by atoms with Crippen molar-refractivity contribution in [3.05, 3.63) is 36.5 Å². The van der Waals surface area contributed by atoms with E-state index in [0.29, 0.717) is 5.56 Å². The number of alkyl halides is 3. The van der Waals surface area contributed by atoms with Crippen LogP contribution in [0.3, 0.4) is 0 Å². The van der Waals surface area contributed by atoms with E-state index in [1.165, 1.54) is 6.07 Å². The molecule has 0 aromatic carbocycles. The summed E-state index contributed by atoms with van der Waals surface area (Å²) in [6.07, 6.45) is -3.28. The molecule has 0 fully saturated rings. The minimum absolute atomic E-state index is 0.312. The minimum Gasteiger partial charge on any atom is -0.252 e. The normalized spacial score (nSPS) is 11.6. The van der Waals surface area contributed by atoms with Crippen molar-refractivity contribution < 1.29 is 13.2 Å². The van der Waals surface area contributed by atoms with Gasteiger partial charge >= 0.3 is 6.18 Å². The maximum absolute atomic E-state index is 11.9. The van der Waals surface area contributed by atoms with Crippen molar-refractivity contribution in [3.63, 3.8) is 0 Å². The van der Waals surface area contributed by atoms with E-state index in [0.717, 1.165) is 12.3 Å². The third kappa shape index (κ3) is 1.93. The molecule has 0 spiro atoms. The molecule has 1 heterocycles. The zero-order chi connectivity index (χ0) is 8.48. The number of pyridine rings is 1. The molecule has 0 bridgehead atoms. The molecule has 59 valence electrons. The van der Waals surface area contributed by atoms with Crippen molar-refractivity contribution in [1.29, 1.82) is 0 Å². The maximum atomic E-state index is 11.9. The van der Waals surface area contributed by atoms with Gasteiger partial charge in [0.2, 0.25) is 0 Å². The van der Waals surface area contributed by atoms with E-state index < -0.39 is 11.9 Å². The standard InChI is InChI=1S/C7H5F3N/c1-5-2-3-11-6(4-5)7(8,9)10/h2-4H,1H2. The lowest BCUT2D eigenvalue weighted by atomic mass is 10.2. The molecule has 0 N–H and O–H groups in total. The first-order valence-corrected chi connectivity index (χ1v) is 2.85. The molecular formula is C7H5F3N. The Bertz CT molecular complexity index is 254. The molecule has 0 saturated heterocycles. The van der Waals surface area contributed by atoms with Gasteiger partial charge in [0.1, 0.15) is 5.69 Å². The highest BCUT2D eigenvalue weighted by Gasteiger charge is 2.31. The SMILES string of the molecule is [CH2]c1ccnc(C(F)(F)F)c1. The molecule has 1 aromatic heterocycles. The molecule has 0 aliphatic carbocycles. The van der Waals surface area contributed by atoms with Gasteiger partial charge in [0, 0.05) is 6.20 Å². The van der Waals surface area contributed by atoms with Crippen LogP contribution >= 0.6 is 0 Å². The summed E-state index contributed by atoms with van der Waals surface area (Å²) < 4.78 is 35.6. The van der Waals surface area contributed by atoms with Gasteiger partial charge in [0.25, 0.3) is 0 Å². The smallest absolute Gasteiger partial charge is 0.252 e. The number of halogens is 3. The fraction of sp³-hybridized carbons (Fsp3) is 0.143. The number of aromatic nitrogens is 1. The number of rotatable bonds is 0. The predicted molar refractivity (Wildman–Crippen MR) is 33.7 cm³/mol. The largest absolute Gasteiger partial charge is 0.433 e. The van der Waals surface area contributed by atoms with Gasteiger partial charge in [-0.05, 0) is 24.6 Å². The van der Waals surface area contributed by atoms with E-state index in [1.54, 1.807) is 0 Å². The second kappa shape index (κ2) is 2.53. The van der Waals surface area contributed by atoms with Gasteiger partial charge in [-0.1, -0.05) is 0 Å². The average molecular weight is 160 g/mol. The van der Waals surface area contributed by atoms with Crippen LogP contribution in [-0.2, 0) is 6.18 Å². The summed E-state index contributed by atoms with van der Waals surface area (Å²) in [7, 11) is 0. The third-order valence-electron chi connectivity index (χ3n) is 1.11.